The number of allylic oxidation sites excluding steroid dienone is 1. The molecule has 16 nitrogen and oxygen atoms in total. The van der Waals surface area contributed by atoms with Gasteiger partial charge in [-0.1, -0.05) is 67.6 Å². The minimum Gasteiger partial charge on any atom is -0.493 e. The number of benzene rings is 5. The van der Waals surface area contributed by atoms with Crippen LogP contribution in [0.25, 0.3) is 11.6 Å². The summed E-state index contributed by atoms with van der Waals surface area (Å²) in [6.45, 7) is 8.68. The summed E-state index contributed by atoms with van der Waals surface area (Å²) in [5.74, 6) is 1.35. The van der Waals surface area contributed by atoms with Gasteiger partial charge in [0, 0.05) is 31.9 Å². The Bertz CT molecular complexity index is 2760. The molecule has 5 aromatic carbocycles. The number of likely N-dealkylation sites (tertiary alicyclic amines) is 1. The molecule has 0 aromatic heterocycles. The van der Waals surface area contributed by atoms with E-state index < -0.39 is 24.0 Å². The Morgan fingerprint density at radius 3 is 2.13 bits per heavy atom. The predicted octanol–water partition coefficient (Wildman–Crippen LogP) is 9.65. The largest absolute Gasteiger partial charge is 0.493 e. The monoisotopic (exact) mass is 1070 g/mol. The average Bonchev–Trinajstić information content (AvgIpc) is 3.49. The van der Waals surface area contributed by atoms with Gasteiger partial charge in [0.1, 0.15) is 17.9 Å². The van der Waals surface area contributed by atoms with Crippen molar-refractivity contribution in [3.8, 4) is 34.5 Å². The van der Waals surface area contributed by atoms with Crippen LogP contribution in [0.4, 0.5) is 5.69 Å². The molecule has 1 fully saturated rings. The molecule has 3 atom stereocenters. The zero-order valence-corrected chi connectivity index (χ0v) is 46.3. The van der Waals surface area contributed by atoms with Crippen LogP contribution in [0.2, 0.25) is 0 Å². The third-order valence-corrected chi connectivity index (χ3v) is 14.1. The first-order valence-electron chi connectivity index (χ1n) is 26.9. The molecule has 78 heavy (non-hydrogen) atoms. The highest BCUT2D eigenvalue weighted by atomic mass is 16.6. The lowest BCUT2D eigenvalue weighted by Crippen LogP contribution is -2.50. The number of hydrogen-bond donors (Lipinski definition) is 1. The molecule has 0 radical (unpaired) electrons. The minimum atomic E-state index is -0.803. The Hall–Kier alpha value is -7.27. The molecule has 1 saturated heterocycles. The van der Waals surface area contributed by atoms with Gasteiger partial charge in [0.05, 0.1) is 81.1 Å². The number of anilines is 1. The predicted molar refractivity (Wildman–Crippen MR) is 300 cm³/mol. The van der Waals surface area contributed by atoms with Gasteiger partial charge in [-0.15, -0.1) is 0 Å². The fraction of sp³-hybridized carbons (Fsp3) is 0.435. The maximum Gasteiger partial charge on any atom is 0.329 e. The number of amides is 2. The van der Waals surface area contributed by atoms with Gasteiger partial charge >= 0.3 is 5.97 Å². The second-order valence-corrected chi connectivity index (χ2v) is 19.1. The smallest absolute Gasteiger partial charge is 0.329 e. The second kappa shape index (κ2) is 30.0. The molecule has 16 heteroatoms. The van der Waals surface area contributed by atoms with E-state index in [9.17, 15) is 14.4 Å². The number of rotatable bonds is 29. The number of carbonyl (C=O) groups excluding carboxylic acids is 3. The van der Waals surface area contributed by atoms with Crippen LogP contribution >= 0.6 is 0 Å². The normalized spacial score (nSPS) is 15.5. The first kappa shape index (κ1) is 58.4. The minimum absolute atomic E-state index is 0.181. The maximum absolute atomic E-state index is 14.5. The number of nitrogens with one attached hydrogen (secondary N) is 1. The highest BCUT2D eigenvalue weighted by molar-refractivity contribution is 5.90. The lowest BCUT2D eigenvalue weighted by atomic mass is 9.91. The van der Waals surface area contributed by atoms with Gasteiger partial charge in [0.15, 0.2) is 29.6 Å². The molecule has 1 N–H and O–H groups in total. The van der Waals surface area contributed by atoms with E-state index in [1.807, 2.05) is 31.2 Å². The van der Waals surface area contributed by atoms with Crippen LogP contribution in [0, 0.1) is 0 Å². The van der Waals surface area contributed by atoms with E-state index in [4.69, 9.17) is 47.4 Å². The van der Waals surface area contributed by atoms with E-state index in [1.165, 1.54) is 49.3 Å². The standard InChI is InChI=1S/C62H77N3O13/c1-8-50(48-39-57(71-5)60(73-7)58(40-48)72-6)61(67)65-28-14-13-22-53(65)62(68)78-54(25-23-44-24-26-55(69-3)56(37-44)70-4)46-18-15-19-49(38-46)77-42-59(66)63-27-30-74-32-34-76-35-33-75-31-29-64-41-47-17-9-11-20-51(47)43(2)36-45-16-10-12-21-52(45)64/h9-12,15-21,24,26,36-40,50,53-54H,8,13-14,22-23,25,27-35,41-42H2,1-7H3,(H,63,66)/b43-36-/t50-,53-,54+/m0/s1. The summed E-state index contributed by atoms with van der Waals surface area (Å²) in [6.07, 6.45) is 4.88. The lowest BCUT2D eigenvalue weighted by molar-refractivity contribution is -0.162. The van der Waals surface area contributed by atoms with Crippen LogP contribution in [0.1, 0.15) is 91.4 Å². The van der Waals surface area contributed by atoms with E-state index >= 15 is 0 Å². The summed E-state index contributed by atoms with van der Waals surface area (Å²) in [7, 11) is 7.77. The van der Waals surface area contributed by atoms with Crippen molar-refractivity contribution in [2.45, 2.75) is 77.0 Å². The number of hydrogen-bond acceptors (Lipinski definition) is 14. The third-order valence-electron chi connectivity index (χ3n) is 14.1. The number of para-hydroxylation sites is 1. The molecule has 2 heterocycles. The molecular formula is C62H77N3O13. The number of carbonyl (C=O) groups is 3. The van der Waals surface area contributed by atoms with Gasteiger partial charge < -0.3 is 62.5 Å². The molecule has 418 valence electrons. The van der Waals surface area contributed by atoms with Crippen LogP contribution in [0.3, 0.4) is 0 Å². The Balaban J connectivity index is 0.875. The summed E-state index contributed by atoms with van der Waals surface area (Å²) < 4.78 is 57.6. The second-order valence-electron chi connectivity index (χ2n) is 19.1. The van der Waals surface area contributed by atoms with Gasteiger partial charge in [-0.05, 0) is 133 Å². The molecule has 0 bridgehead atoms. The van der Waals surface area contributed by atoms with Crippen LogP contribution in [0.5, 0.6) is 34.5 Å². The Kier molecular flexibility index (Phi) is 22.5. The maximum atomic E-state index is 14.5. The molecule has 0 aliphatic carbocycles. The molecule has 7 rings (SSSR count). The van der Waals surface area contributed by atoms with Crippen molar-refractivity contribution in [1.29, 1.82) is 0 Å². The number of ether oxygens (including phenoxy) is 10. The SMILES string of the molecule is CC[C@H](C(=O)N1CCCC[C@H]1C(=O)O[C@H](CCc1ccc(OC)c(OC)c1)c1cccc(OCC(=O)NCCOCCOCCOCCN2Cc3ccccc3/C(C)=C\c3ccccc32)c1)c1cc(OC)c(OC)c(OC)c1. The Labute approximate surface area is 459 Å². The Morgan fingerprint density at radius 1 is 0.692 bits per heavy atom. The van der Waals surface area contributed by atoms with Crippen molar-refractivity contribution >= 4 is 35.1 Å². The van der Waals surface area contributed by atoms with Gasteiger partial charge in [-0.25, -0.2) is 4.79 Å². The van der Waals surface area contributed by atoms with Crippen LogP contribution in [-0.2, 0) is 46.3 Å². The van der Waals surface area contributed by atoms with Crippen molar-refractivity contribution in [3.63, 3.8) is 0 Å². The first-order chi connectivity index (χ1) is 38.1. The van der Waals surface area contributed by atoms with Crippen molar-refractivity contribution in [2.75, 3.05) is 106 Å². The van der Waals surface area contributed by atoms with E-state index in [0.717, 1.165) is 31.5 Å². The molecule has 2 aliphatic heterocycles. The highest BCUT2D eigenvalue weighted by Crippen LogP contribution is 2.42. The van der Waals surface area contributed by atoms with Gasteiger partial charge in [0.2, 0.25) is 11.7 Å². The zero-order valence-electron chi connectivity index (χ0n) is 46.3. The third kappa shape index (κ3) is 15.7. The molecular weight excluding hydrogens is 995 g/mol. The summed E-state index contributed by atoms with van der Waals surface area (Å²) in [4.78, 5) is 46.0. The van der Waals surface area contributed by atoms with E-state index in [2.05, 4.69) is 71.7 Å². The number of methoxy groups -OCH3 is 5. The van der Waals surface area contributed by atoms with Crippen molar-refractivity contribution < 1.29 is 61.8 Å². The summed E-state index contributed by atoms with van der Waals surface area (Å²) in [6, 6.07) is 32.7. The first-order valence-corrected chi connectivity index (χ1v) is 26.9. The molecule has 5 aromatic rings. The summed E-state index contributed by atoms with van der Waals surface area (Å²) in [5.41, 5.74) is 8.54. The molecule has 0 saturated carbocycles. The fourth-order valence-corrected chi connectivity index (χ4v) is 10.1. The summed E-state index contributed by atoms with van der Waals surface area (Å²) >= 11 is 0. The average molecular weight is 1070 g/mol. The quantitative estimate of drug-likeness (QED) is 0.0356. The number of aryl methyl sites for hydroxylation is 1. The fourth-order valence-electron chi connectivity index (χ4n) is 10.1. The van der Waals surface area contributed by atoms with Crippen molar-refractivity contribution in [3.05, 3.63) is 137 Å². The molecule has 2 amide bonds. The topological polar surface area (TPSA) is 162 Å². The van der Waals surface area contributed by atoms with Gasteiger partial charge in [-0.2, -0.15) is 0 Å². The van der Waals surface area contributed by atoms with Crippen molar-refractivity contribution in [1.82, 2.24) is 10.2 Å². The highest BCUT2D eigenvalue weighted by Gasteiger charge is 2.38. The molecule has 0 spiro atoms. The summed E-state index contributed by atoms with van der Waals surface area (Å²) in [5, 5.41) is 2.84. The van der Waals surface area contributed by atoms with E-state index in [-0.39, 0.29) is 18.4 Å². The van der Waals surface area contributed by atoms with Gasteiger partial charge in [-0.3, -0.25) is 9.59 Å². The van der Waals surface area contributed by atoms with Crippen molar-refractivity contribution in [2.24, 2.45) is 0 Å². The molecule has 0 unspecified atom stereocenters. The number of fused-ring (bicyclic) bond motifs is 2. The number of nitrogens with zero attached hydrogens (tertiary/aromatic N) is 2. The van der Waals surface area contributed by atoms with E-state index in [1.54, 1.807) is 49.5 Å². The molecule has 2 aliphatic rings. The van der Waals surface area contributed by atoms with E-state index in [0.29, 0.717) is 124 Å². The Morgan fingerprint density at radius 2 is 1.40 bits per heavy atom. The van der Waals surface area contributed by atoms with Crippen LogP contribution in [0.15, 0.2) is 103 Å². The number of esters is 1. The van der Waals surface area contributed by atoms with Crippen LogP contribution in [-0.4, -0.2) is 130 Å². The lowest BCUT2D eigenvalue weighted by Gasteiger charge is -2.37. The zero-order chi connectivity index (χ0) is 55.2. The van der Waals surface area contributed by atoms with Gasteiger partial charge in [0.25, 0.3) is 5.91 Å². The van der Waals surface area contributed by atoms with Crippen LogP contribution < -0.4 is 38.6 Å². The number of piperidine rings is 1.